The lowest BCUT2D eigenvalue weighted by Crippen LogP contribution is -2.53. The number of nitrogens with two attached hydrogens (primary N) is 1. The first-order chi connectivity index (χ1) is 10.1. The van der Waals surface area contributed by atoms with Gasteiger partial charge in [-0.3, -0.25) is 4.79 Å². The molecule has 1 aromatic carbocycles. The predicted octanol–water partition coefficient (Wildman–Crippen LogP) is 2.09. The molecule has 0 aromatic heterocycles. The Bertz CT molecular complexity index is 500. The standard InChI is InChI=1S/C16H23N3OS/c1-19(13-7-3-2-4-8-13)12-6-11-18-15(20)16(14(17)21)9-5-10-16/h2-4,7-8H,5-6,9-12H2,1H3,(H2,17,21)(H,18,20). The number of nitrogens with zero attached hydrogens (tertiary/aromatic N) is 1. The monoisotopic (exact) mass is 305 g/mol. The van der Waals surface area contributed by atoms with Crippen molar-refractivity contribution in [3.8, 4) is 0 Å². The van der Waals surface area contributed by atoms with Gasteiger partial charge >= 0.3 is 0 Å². The van der Waals surface area contributed by atoms with Gasteiger partial charge in [0.1, 0.15) is 0 Å². The molecule has 5 heteroatoms. The zero-order valence-electron chi connectivity index (χ0n) is 12.5. The van der Waals surface area contributed by atoms with Gasteiger partial charge in [0.2, 0.25) is 5.91 Å². The lowest BCUT2D eigenvalue weighted by atomic mass is 9.68. The minimum Gasteiger partial charge on any atom is -0.392 e. The predicted molar refractivity (Wildman–Crippen MR) is 90.4 cm³/mol. The Morgan fingerprint density at radius 1 is 1.38 bits per heavy atom. The van der Waals surface area contributed by atoms with Gasteiger partial charge in [-0.1, -0.05) is 36.8 Å². The highest BCUT2D eigenvalue weighted by Crippen LogP contribution is 2.41. The first-order valence-corrected chi connectivity index (χ1v) is 7.81. The highest BCUT2D eigenvalue weighted by molar-refractivity contribution is 7.80. The number of para-hydroxylation sites is 1. The number of benzene rings is 1. The number of nitrogens with one attached hydrogen (secondary N) is 1. The van der Waals surface area contributed by atoms with E-state index >= 15 is 0 Å². The molecule has 0 aliphatic heterocycles. The van der Waals surface area contributed by atoms with E-state index < -0.39 is 5.41 Å². The molecule has 0 atom stereocenters. The summed E-state index contributed by atoms with van der Waals surface area (Å²) in [6.07, 6.45) is 3.50. The van der Waals surface area contributed by atoms with E-state index in [2.05, 4.69) is 29.4 Å². The SMILES string of the molecule is CN(CCCNC(=O)C1(C(N)=S)CCC1)c1ccccc1. The van der Waals surface area contributed by atoms with Gasteiger partial charge in [-0.05, 0) is 31.4 Å². The van der Waals surface area contributed by atoms with Crippen LogP contribution in [0.1, 0.15) is 25.7 Å². The Labute approximate surface area is 131 Å². The molecule has 1 saturated carbocycles. The van der Waals surface area contributed by atoms with Crippen LogP contribution in [-0.2, 0) is 4.79 Å². The molecule has 21 heavy (non-hydrogen) atoms. The maximum atomic E-state index is 12.2. The van der Waals surface area contributed by atoms with Gasteiger partial charge in [0.25, 0.3) is 0 Å². The molecule has 1 aliphatic carbocycles. The third kappa shape index (κ3) is 3.53. The van der Waals surface area contributed by atoms with Crippen LogP contribution in [0.2, 0.25) is 0 Å². The number of thiocarbonyl (C=S) groups is 1. The number of rotatable bonds is 7. The summed E-state index contributed by atoms with van der Waals surface area (Å²) < 4.78 is 0. The third-order valence-corrected chi connectivity index (χ3v) is 4.66. The zero-order valence-corrected chi connectivity index (χ0v) is 13.3. The fraction of sp³-hybridized carbons (Fsp3) is 0.500. The van der Waals surface area contributed by atoms with Crippen molar-refractivity contribution in [1.29, 1.82) is 0 Å². The minimum absolute atomic E-state index is 0.00335. The fourth-order valence-corrected chi connectivity index (χ4v) is 2.91. The van der Waals surface area contributed by atoms with Crippen LogP contribution in [0.25, 0.3) is 0 Å². The van der Waals surface area contributed by atoms with E-state index in [9.17, 15) is 4.79 Å². The molecule has 1 aromatic rings. The summed E-state index contributed by atoms with van der Waals surface area (Å²) in [4.78, 5) is 14.7. The molecule has 2 rings (SSSR count). The van der Waals surface area contributed by atoms with E-state index in [0.29, 0.717) is 11.5 Å². The summed E-state index contributed by atoms with van der Waals surface area (Å²) in [5, 5.41) is 2.98. The van der Waals surface area contributed by atoms with Crippen LogP contribution in [0, 0.1) is 5.41 Å². The summed E-state index contributed by atoms with van der Waals surface area (Å²) in [6, 6.07) is 10.2. The molecule has 0 radical (unpaired) electrons. The lowest BCUT2D eigenvalue weighted by molar-refractivity contribution is -0.130. The van der Waals surface area contributed by atoms with E-state index in [-0.39, 0.29) is 5.91 Å². The van der Waals surface area contributed by atoms with Crippen LogP contribution in [0.5, 0.6) is 0 Å². The first-order valence-electron chi connectivity index (χ1n) is 7.41. The van der Waals surface area contributed by atoms with Crippen molar-refractivity contribution in [3.05, 3.63) is 30.3 Å². The lowest BCUT2D eigenvalue weighted by Gasteiger charge is -2.39. The fourth-order valence-electron chi connectivity index (χ4n) is 2.61. The van der Waals surface area contributed by atoms with Crippen molar-refractivity contribution < 1.29 is 4.79 Å². The van der Waals surface area contributed by atoms with Gasteiger partial charge in [0.05, 0.1) is 10.4 Å². The highest BCUT2D eigenvalue weighted by Gasteiger charge is 2.46. The van der Waals surface area contributed by atoms with E-state index in [1.165, 1.54) is 5.69 Å². The van der Waals surface area contributed by atoms with E-state index in [1.807, 2.05) is 18.2 Å². The molecule has 0 spiro atoms. The Hall–Kier alpha value is -1.62. The topological polar surface area (TPSA) is 58.4 Å². The van der Waals surface area contributed by atoms with Crippen molar-refractivity contribution in [2.24, 2.45) is 11.1 Å². The van der Waals surface area contributed by atoms with Crippen molar-refractivity contribution in [2.45, 2.75) is 25.7 Å². The second-order valence-corrected chi connectivity index (χ2v) is 6.11. The normalized spacial score (nSPS) is 15.9. The van der Waals surface area contributed by atoms with Gasteiger partial charge in [-0.25, -0.2) is 0 Å². The summed E-state index contributed by atoms with van der Waals surface area (Å²) >= 11 is 5.05. The van der Waals surface area contributed by atoms with Crippen LogP contribution < -0.4 is 16.0 Å². The van der Waals surface area contributed by atoms with Crippen molar-refractivity contribution in [2.75, 3.05) is 25.0 Å². The molecule has 0 bridgehead atoms. The van der Waals surface area contributed by atoms with E-state index in [1.54, 1.807) is 0 Å². The summed E-state index contributed by atoms with van der Waals surface area (Å²) in [6.45, 7) is 1.55. The van der Waals surface area contributed by atoms with Crippen molar-refractivity contribution >= 4 is 28.8 Å². The second kappa shape index (κ2) is 6.89. The van der Waals surface area contributed by atoms with Gasteiger partial charge < -0.3 is 16.0 Å². The molecule has 3 N–H and O–H groups in total. The molecule has 1 fully saturated rings. The van der Waals surface area contributed by atoms with Crippen LogP contribution in [0.3, 0.4) is 0 Å². The molecule has 0 saturated heterocycles. The van der Waals surface area contributed by atoms with E-state index in [0.717, 1.165) is 32.2 Å². The molecule has 114 valence electrons. The van der Waals surface area contributed by atoms with Crippen LogP contribution in [-0.4, -0.2) is 31.0 Å². The number of carbonyl (C=O) groups excluding carboxylic acids is 1. The van der Waals surface area contributed by atoms with Gasteiger partial charge in [0, 0.05) is 25.8 Å². The highest BCUT2D eigenvalue weighted by atomic mass is 32.1. The maximum Gasteiger partial charge on any atom is 0.233 e. The van der Waals surface area contributed by atoms with Crippen LogP contribution in [0.4, 0.5) is 5.69 Å². The molecule has 1 aliphatic rings. The summed E-state index contributed by atoms with van der Waals surface area (Å²) in [5.41, 5.74) is 6.34. The average molecular weight is 305 g/mol. The number of hydrogen-bond donors (Lipinski definition) is 2. The first kappa shape index (κ1) is 15.8. The molecule has 4 nitrogen and oxygen atoms in total. The maximum absolute atomic E-state index is 12.2. The van der Waals surface area contributed by atoms with Crippen molar-refractivity contribution in [3.63, 3.8) is 0 Å². The number of amides is 1. The number of hydrogen-bond acceptors (Lipinski definition) is 3. The Kier molecular flexibility index (Phi) is 5.17. The quantitative estimate of drug-likeness (QED) is 0.598. The van der Waals surface area contributed by atoms with Gasteiger partial charge in [-0.15, -0.1) is 0 Å². The smallest absolute Gasteiger partial charge is 0.233 e. The van der Waals surface area contributed by atoms with Crippen LogP contribution >= 0.6 is 12.2 Å². The largest absolute Gasteiger partial charge is 0.392 e. The number of anilines is 1. The van der Waals surface area contributed by atoms with Gasteiger partial charge in [-0.2, -0.15) is 0 Å². The Morgan fingerprint density at radius 2 is 2.05 bits per heavy atom. The second-order valence-electron chi connectivity index (χ2n) is 5.67. The average Bonchev–Trinajstić information content (AvgIpc) is 2.42. The molecule has 1 amide bonds. The van der Waals surface area contributed by atoms with Crippen molar-refractivity contribution in [1.82, 2.24) is 5.32 Å². The third-order valence-electron chi connectivity index (χ3n) is 4.27. The number of carbonyl (C=O) groups is 1. The van der Waals surface area contributed by atoms with Gasteiger partial charge in [0.15, 0.2) is 0 Å². The Morgan fingerprint density at radius 3 is 2.57 bits per heavy atom. The molecular weight excluding hydrogens is 282 g/mol. The van der Waals surface area contributed by atoms with Crippen LogP contribution in [0.15, 0.2) is 30.3 Å². The summed E-state index contributed by atoms with van der Waals surface area (Å²) in [5.74, 6) is 0.00335. The molecular formula is C16H23N3OS. The Balaban J connectivity index is 1.72. The molecule has 0 heterocycles. The summed E-state index contributed by atoms with van der Waals surface area (Å²) in [7, 11) is 2.06. The minimum atomic E-state index is -0.569. The van der Waals surface area contributed by atoms with E-state index in [4.69, 9.17) is 18.0 Å². The molecule has 0 unspecified atom stereocenters. The zero-order chi connectivity index (χ0) is 15.3.